The Labute approximate surface area is 302 Å². The molecule has 2 N–H and O–H groups in total. The number of rotatable bonds is 37. The minimum Gasteiger partial charge on any atom is -0.479 e. The molecule has 290 valence electrons. The van der Waals surface area contributed by atoms with Gasteiger partial charge >= 0.3 is 17.9 Å². The lowest BCUT2D eigenvalue weighted by Gasteiger charge is -2.21. The molecule has 0 unspecified atom stereocenters. The number of hydrogen-bond acceptors (Lipinski definition) is 6. The summed E-state index contributed by atoms with van der Waals surface area (Å²) in [6.07, 6.45) is 32.9. The van der Waals surface area contributed by atoms with Gasteiger partial charge in [0.2, 0.25) is 0 Å². The first kappa shape index (κ1) is 47.4. The predicted octanol–water partition coefficient (Wildman–Crippen LogP) is 11.9. The van der Waals surface area contributed by atoms with Crippen molar-refractivity contribution in [2.45, 2.75) is 226 Å². The number of carbonyl (C=O) groups is 3. The highest BCUT2D eigenvalue weighted by Crippen LogP contribution is 2.20. The van der Waals surface area contributed by atoms with Crippen LogP contribution in [0.4, 0.5) is 0 Å². The van der Waals surface area contributed by atoms with Crippen molar-refractivity contribution in [3.05, 3.63) is 0 Å². The molecule has 0 aromatic rings. The van der Waals surface area contributed by atoms with Crippen molar-refractivity contribution in [2.75, 3.05) is 13.2 Å². The summed E-state index contributed by atoms with van der Waals surface area (Å²) in [6.45, 7) is 9.56. The van der Waals surface area contributed by atoms with Crippen LogP contribution in [0.25, 0.3) is 0 Å². The van der Waals surface area contributed by atoms with Gasteiger partial charge in [0.05, 0.1) is 26.1 Å². The van der Waals surface area contributed by atoms with Crippen molar-refractivity contribution in [1.29, 1.82) is 0 Å². The summed E-state index contributed by atoms with van der Waals surface area (Å²) in [5, 5.41) is 20.0. The van der Waals surface area contributed by atoms with Gasteiger partial charge in [-0.25, -0.2) is 4.79 Å². The average Bonchev–Trinajstić information content (AvgIpc) is 3.03. The van der Waals surface area contributed by atoms with Crippen LogP contribution in [0.3, 0.4) is 0 Å². The molecule has 0 aliphatic carbocycles. The van der Waals surface area contributed by atoms with Crippen molar-refractivity contribution < 1.29 is 34.1 Å². The third-order valence-electron chi connectivity index (χ3n) is 9.65. The molecule has 0 bridgehead atoms. The summed E-state index contributed by atoms with van der Waals surface area (Å²) in [5.74, 6) is -1.59. The van der Waals surface area contributed by atoms with Crippen LogP contribution in [0.5, 0.6) is 0 Å². The first-order valence-electron chi connectivity index (χ1n) is 20.8. The maximum Gasteiger partial charge on any atom is 0.336 e. The van der Waals surface area contributed by atoms with Gasteiger partial charge in [0.15, 0.2) is 5.60 Å². The molecule has 0 aromatic heterocycles. The molecule has 0 rings (SSSR count). The molecular weight excluding hydrogens is 616 g/mol. The summed E-state index contributed by atoms with van der Waals surface area (Å²) < 4.78 is 10.3. The number of ether oxygens (including phenoxy) is 2. The first-order chi connectivity index (χ1) is 23.6. The van der Waals surface area contributed by atoms with Gasteiger partial charge < -0.3 is 19.7 Å². The highest BCUT2D eigenvalue weighted by molar-refractivity contribution is 5.89. The lowest BCUT2D eigenvalue weighted by atomic mass is 9.96. The average molecular weight is 697 g/mol. The van der Waals surface area contributed by atoms with Crippen molar-refractivity contribution in [1.82, 2.24) is 0 Å². The van der Waals surface area contributed by atoms with Crippen LogP contribution in [0.2, 0.25) is 0 Å². The minimum atomic E-state index is -2.52. The van der Waals surface area contributed by atoms with Crippen LogP contribution in [-0.4, -0.2) is 46.9 Å². The van der Waals surface area contributed by atoms with Crippen LogP contribution in [-0.2, 0) is 23.9 Å². The SMILES string of the molecule is CC(C)CCCCCCCCCCCCCCCOC(=O)CC(O)(CC(=O)OCCCCCCCCCCCCCCCC(C)C)C(=O)O. The van der Waals surface area contributed by atoms with Crippen LogP contribution in [0.15, 0.2) is 0 Å². The molecule has 49 heavy (non-hydrogen) atoms. The van der Waals surface area contributed by atoms with Crippen molar-refractivity contribution >= 4 is 17.9 Å². The predicted molar refractivity (Wildman–Crippen MR) is 203 cm³/mol. The minimum absolute atomic E-state index is 0.189. The summed E-state index contributed by atoms with van der Waals surface area (Å²) in [6, 6.07) is 0. The molecule has 0 aliphatic heterocycles. The quantitative estimate of drug-likeness (QED) is 0.0491. The van der Waals surface area contributed by atoms with Gasteiger partial charge in [-0.05, 0) is 24.7 Å². The fourth-order valence-corrected chi connectivity index (χ4v) is 6.36. The molecule has 0 radical (unpaired) electrons. The van der Waals surface area contributed by atoms with Crippen LogP contribution < -0.4 is 0 Å². The zero-order valence-corrected chi connectivity index (χ0v) is 32.7. The summed E-state index contributed by atoms with van der Waals surface area (Å²) in [4.78, 5) is 36.2. The fourth-order valence-electron chi connectivity index (χ4n) is 6.36. The number of esters is 2. The number of hydrogen-bond donors (Lipinski definition) is 2. The van der Waals surface area contributed by atoms with Crippen LogP contribution in [0, 0.1) is 11.8 Å². The zero-order valence-electron chi connectivity index (χ0n) is 32.7. The van der Waals surface area contributed by atoms with Gasteiger partial charge in [-0.15, -0.1) is 0 Å². The second-order valence-electron chi connectivity index (χ2n) is 15.7. The summed E-state index contributed by atoms with van der Waals surface area (Å²) in [7, 11) is 0. The fraction of sp³-hybridized carbons (Fsp3) is 0.929. The summed E-state index contributed by atoms with van der Waals surface area (Å²) >= 11 is 0. The van der Waals surface area contributed by atoms with E-state index in [4.69, 9.17) is 9.47 Å². The van der Waals surface area contributed by atoms with E-state index in [9.17, 15) is 24.6 Å². The normalized spacial score (nSPS) is 11.8. The molecule has 0 aliphatic rings. The second kappa shape index (κ2) is 33.5. The molecule has 0 fully saturated rings. The number of aliphatic hydroxyl groups is 1. The van der Waals surface area contributed by atoms with E-state index < -0.39 is 36.4 Å². The van der Waals surface area contributed by atoms with Crippen molar-refractivity contribution in [3.8, 4) is 0 Å². The van der Waals surface area contributed by atoms with Crippen LogP contribution >= 0.6 is 0 Å². The van der Waals surface area contributed by atoms with E-state index in [1.807, 2.05) is 0 Å². The van der Waals surface area contributed by atoms with Crippen molar-refractivity contribution in [2.24, 2.45) is 11.8 Å². The van der Waals surface area contributed by atoms with Gasteiger partial charge in [-0.2, -0.15) is 0 Å². The van der Waals surface area contributed by atoms with Gasteiger partial charge in [0.1, 0.15) is 0 Å². The third kappa shape index (κ3) is 33.3. The van der Waals surface area contributed by atoms with Crippen LogP contribution in [0.1, 0.15) is 220 Å². The Morgan fingerprint density at radius 2 is 0.653 bits per heavy atom. The van der Waals surface area contributed by atoms with Gasteiger partial charge in [-0.3, -0.25) is 9.59 Å². The lowest BCUT2D eigenvalue weighted by molar-refractivity contribution is -0.173. The Hall–Kier alpha value is -1.63. The molecule has 0 atom stereocenters. The van der Waals surface area contributed by atoms with E-state index in [2.05, 4.69) is 27.7 Å². The number of aliphatic carboxylic acids is 1. The van der Waals surface area contributed by atoms with E-state index in [0.29, 0.717) is 12.8 Å². The Kier molecular flexibility index (Phi) is 32.4. The first-order valence-corrected chi connectivity index (χ1v) is 20.8. The van der Waals surface area contributed by atoms with E-state index in [1.54, 1.807) is 0 Å². The number of carbonyl (C=O) groups excluding carboxylic acids is 2. The third-order valence-corrected chi connectivity index (χ3v) is 9.65. The molecule has 0 amide bonds. The molecule has 0 saturated carbocycles. The number of carboxylic acids is 1. The summed E-state index contributed by atoms with van der Waals surface area (Å²) in [5.41, 5.74) is -2.52. The van der Waals surface area contributed by atoms with Gasteiger partial charge in [0, 0.05) is 0 Å². The molecule has 0 spiro atoms. The number of unbranched alkanes of at least 4 members (excludes halogenated alkanes) is 24. The largest absolute Gasteiger partial charge is 0.479 e. The van der Waals surface area contributed by atoms with E-state index in [0.717, 1.165) is 37.5 Å². The standard InChI is InChI=1S/C42H80O7/c1-37(2)31-27-23-19-15-11-7-5-9-13-17-21-25-29-33-48-39(43)35-42(47,41(45)46)36-40(44)49-34-30-26-22-18-14-10-6-8-12-16-20-24-28-32-38(3)4/h37-38,47H,5-36H2,1-4H3,(H,45,46). The monoisotopic (exact) mass is 697 g/mol. The molecule has 0 heterocycles. The maximum absolute atomic E-state index is 12.2. The van der Waals surface area contributed by atoms with Crippen molar-refractivity contribution in [3.63, 3.8) is 0 Å². The molecular formula is C42H80O7. The Balaban J connectivity index is 3.73. The molecule has 7 heteroatoms. The highest BCUT2D eigenvalue weighted by Gasteiger charge is 2.42. The number of carboxylic acid groups (broad SMARTS) is 1. The topological polar surface area (TPSA) is 110 Å². The highest BCUT2D eigenvalue weighted by atomic mass is 16.5. The molecule has 0 saturated heterocycles. The van der Waals surface area contributed by atoms with Gasteiger partial charge in [-0.1, -0.05) is 195 Å². The zero-order chi connectivity index (χ0) is 36.4. The second-order valence-corrected chi connectivity index (χ2v) is 15.7. The maximum atomic E-state index is 12.2. The lowest BCUT2D eigenvalue weighted by Crippen LogP contribution is -2.43. The Morgan fingerprint density at radius 3 is 0.878 bits per heavy atom. The smallest absolute Gasteiger partial charge is 0.336 e. The van der Waals surface area contributed by atoms with E-state index in [-0.39, 0.29) is 13.2 Å². The molecule has 7 nitrogen and oxygen atoms in total. The Bertz CT molecular complexity index is 725. The Morgan fingerprint density at radius 1 is 0.429 bits per heavy atom. The molecule has 0 aromatic carbocycles. The van der Waals surface area contributed by atoms with E-state index >= 15 is 0 Å². The van der Waals surface area contributed by atoms with Gasteiger partial charge in [0.25, 0.3) is 0 Å². The van der Waals surface area contributed by atoms with E-state index in [1.165, 1.54) is 141 Å².